The molecule has 0 aromatic carbocycles. The fourth-order valence-electron chi connectivity index (χ4n) is 1.34. The molecule has 0 aromatic rings. The van der Waals surface area contributed by atoms with E-state index in [1.807, 2.05) is 0 Å². The number of nitrogens with one attached hydrogen (secondary N) is 1. The predicted octanol–water partition coefficient (Wildman–Crippen LogP) is 0.930. The number of esters is 1. The molecule has 0 aliphatic rings. The lowest BCUT2D eigenvalue weighted by molar-refractivity contribution is -0.144. The molecule has 0 bridgehead atoms. The van der Waals surface area contributed by atoms with E-state index >= 15 is 0 Å². The molecule has 0 spiro atoms. The van der Waals surface area contributed by atoms with Crippen molar-refractivity contribution < 1.29 is 27.9 Å². The van der Waals surface area contributed by atoms with Gasteiger partial charge in [-0.25, -0.2) is 4.79 Å². The molecule has 0 aliphatic carbocycles. The van der Waals surface area contributed by atoms with Crippen LogP contribution in [0, 0.1) is 0 Å². The molecule has 106 valence electrons. The van der Waals surface area contributed by atoms with Gasteiger partial charge in [0.05, 0.1) is 26.5 Å². The van der Waals surface area contributed by atoms with Crippen LogP contribution in [-0.2, 0) is 27.9 Å². The third-order valence-corrected chi connectivity index (χ3v) is 4.21. The van der Waals surface area contributed by atoms with Crippen LogP contribution in [0.4, 0.5) is 0 Å². The van der Waals surface area contributed by atoms with Gasteiger partial charge in [-0.15, -0.1) is 0 Å². The van der Waals surface area contributed by atoms with Crippen molar-refractivity contribution in [3.63, 3.8) is 0 Å². The highest BCUT2D eigenvalue weighted by Crippen LogP contribution is 2.48. The van der Waals surface area contributed by atoms with Crippen molar-refractivity contribution in [2.24, 2.45) is 0 Å². The molecule has 0 aromatic heterocycles. The van der Waals surface area contributed by atoms with Crippen molar-refractivity contribution >= 4 is 20.0 Å². The number of amides is 1. The minimum absolute atomic E-state index is 0.0370. The van der Waals surface area contributed by atoms with Crippen molar-refractivity contribution in [3.8, 4) is 0 Å². The van der Waals surface area contributed by atoms with Gasteiger partial charge in [0, 0.05) is 0 Å². The second-order valence-corrected chi connectivity index (χ2v) is 5.50. The summed E-state index contributed by atoms with van der Waals surface area (Å²) in [5.41, 5.74) is 0. The van der Waals surface area contributed by atoms with Gasteiger partial charge in [0.1, 0.15) is 6.04 Å². The highest BCUT2D eigenvalue weighted by molar-refractivity contribution is 7.53. The van der Waals surface area contributed by atoms with E-state index in [1.165, 1.54) is 7.11 Å². The van der Waals surface area contributed by atoms with E-state index in [-0.39, 0.29) is 25.8 Å². The number of carbonyl (C=O) groups is 2. The Morgan fingerprint density at radius 1 is 1.33 bits per heavy atom. The average molecular weight is 281 g/mol. The molecular formula is C10H20NO6P. The first-order valence-electron chi connectivity index (χ1n) is 5.68. The van der Waals surface area contributed by atoms with Gasteiger partial charge in [-0.2, -0.15) is 0 Å². The molecule has 7 nitrogen and oxygen atoms in total. The predicted molar refractivity (Wildman–Crippen MR) is 65.3 cm³/mol. The summed E-state index contributed by atoms with van der Waals surface area (Å²) in [6.45, 7) is 3.91. The molecule has 18 heavy (non-hydrogen) atoms. The second kappa shape index (κ2) is 9.08. The van der Waals surface area contributed by atoms with Crippen LogP contribution in [0.25, 0.3) is 0 Å². The summed E-state index contributed by atoms with van der Waals surface area (Å²) in [6.07, 6.45) is 0.561. The molecule has 0 aliphatic heterocycles. The molecule has 0 saturated carbocycles. The number of ether oxygens (including phenoxy) is 1. The Hall–Kier alpha value is -0.910. The Bertz CT molecular complexity index is 299. The third-order valence-electron chi connectivity index (χ3n) is 2.10. The van der Waals surface area contributed by atoms with Crippen LogP contribution in [0.15, 0.2) is 0 Å². The Labute approximate surface area is 107 Å². The van der Waals surface area contributed by atoms with Crippen LogP contribution in [0.3, 0.4) is 0 Å². The molecule has 1 amide bonds. The Morgan fingerprint density at radius 3 is 2.28 bits per heavy atom. The Kier molecular flexibility index (Phi) is 8.62. The fraction of sp³-hybridized carbons (Fsp3) is 0.800. The van der Waals surface area contributed by atoms with E-state index in [0.29, 0.717) is 6.41 Å². The van der Waals surface area contributed by atoms with Gasteiger partial charge in [0.15, 0.2) is 0 Å². The van der Waals surface area contributed by atoms with Gasteiger partial charge >= 0.3 is 13.6 Å². The topological polar surface area (TPSA) is 90.9 Å². The van der Waals surface area contributed by atoms with Crippen LogP contribution >= 0.6 is 7.60 Å². The summed E-state index contributed by atoms with van der Waals surface area (Å²) in [7, 11) is -2.00. The van der Waals surface area contributed by atoms with Crippen molar-refractivity contribution in [2.45, 2.75) is 26.3 Å². The number of rotatable bonds is 10. The van der Waals surface area contributed by atoms with Crippen molar-refractivity contribution in [3.05, 3.63) is 0 Å². The summed E-state index contributed by atoms with van der Waals surface area (Å²) in [4.78, 5) is 21.7. The normalized spacial score (nSPS) is 12.8. The molecule has 8 heteroatoms. The highest BCUT2D eigenvalue weighted by atomic mass is 31.2. The number of hydrogen-bond acceptors (Lipinski definition) is 6. The summed E-state index contributed by atoms with van der Waals surface area (Å²) in [5, 5.41) is 2.30. The molecule has 1 atom stereocenters. The van der Waals surface area contributed by atoms with Gasteiger partial charge < -0.3 is 19.1 Å². The van der Waals surface area contributed by atoms with Crippen LogP contribution in [0.2, 0.25) is 0 Å². The maximum Gasteiger partial charge on any atom is 0.330 e. The van der Waals surface area contributed by atoms with Crippen molar-refractivity contribution in [2.75, 3.05) is 26.5 Å². The van der Waals surface area contributed by atoms with Gasteiger partial charge in [-0.3, -0.25) is 9.36 Å². The highest BCUT2D eigenvalue weighted by Gasteiger charge is 2.28. The average Bonchev–Trinajstić information content (AvgIpc) is 2.34. The zero-order chi connectivity index (χ0) is 14.0. The van der Waals surface area contributed by atoms with Crippen LogP contribution < -0.4 is 5.32 Å². The standard InChI is InChI=1S/C10H20NO6P/c1-4-16-18(14,17-5-2)7-6-9(11-8-12)10(13)15-3/h8-9H,4-7H2,1-3H3,(H,11,12)/t9-/m0/s1. The summed E-state index contributed by atoms with van der Waals surface area (Å²) >= 11 is 0. The molecule has 0 saturated heterocycles. The third kappa shape index (κ3) is 6.14. The Balaban J connectivity index is 4.49. The smallest absolute Gasteiger partial charge is 0.330 e. The van der Waals surface area contributed by atoms with Gasteiger partial charge in [0.25, 0.3) is 0 Å². The molecule has 0 unspecified atom stereocenters. The van der Waals surface area contributed by atoms with E-state index in [1.54, 1.807) is 13.8 Å². The maximum absolute atomic E-state index is 12.1. The lowest BCUT2D eigenvalue weighted by Gasteiger charge is -2.19. The van der Waals surface area contributed by atoms with E-state index < -0.39 is 19.6 Å². The minimum Gasteiger partial charge on any atom is -0.467 e. The maximum atomic E-state index is 12.1. The van der Waals surface area contributed by atoms with Crippen molar-refractivity contribution in [1.82, 2.24) is 5.32 Å². The summed E-state index contributed by atoms with van der Waals surface area (Å²) < 4.78 is 26.8. The van der Waals surface area contributed by atoms with E-state index in [4.69, 9.17) is 9.05 Å². The Morgan fingerprint density at radius 2 is 1.89 bits per heavy atom. The molecule has 0 fully saturated rings. The van der Waals surface area contributed by atoms with E-state index in [0.717, 1.165) is 0 Å². The largest absolute Gasteiger partial charge is 0.467 e. The number of methoxy groups -OCH3 is 1. The molecule has 0 radical (unpaired) electrons. The number of carbonyl (C=O) groups excluding carboxylic acids is 2. The van der Waals surface area contributed by atoms with Crippen LogP contribution in [-0.4, -0.2) is 44.9 Å². The van der Waals surface area contributed by atoms with Gasteiger partial charge in [0.2, 0.25) is 6.41 Å². The quantitative estimate of drug-likeness (QED) is 0.364. The van der Waals surface area contributed by atoms with Crippen LogP contribution in [0.1, 0.15) is 20.3 Å². The van der Waals surface area contributed by atoms with E-state index in [9.17, 15) is 14.2 Å². The molecule has 0 rings (SSSR count). The zero-order valence-corrected chi connectivity index (χ0v) is 11.8. The molecule has 0 heterocycles. The fourth-order valence-corrected chi connectivity index (χ4v) is 3.03. The van der Waals surface area contributed by atoms with Gasteiger partial charge in [-0.05, 0) is 20.3 Å². The lowest BCUT2D eigenvalue weighted by atomic mass is 10.2. The lowest BCUT2D eigenvalue weighted by Crippen LogP contribution is -2.37. The molecule has 1 N–H and O–H groups in total. The van der Waals surface area contributed by atoms with Crippen molar-refractivity contribution in [1.29, 1.82) is 0 Å². The minimum atomic E-state index is -3.21. The first-order chi connectivity index (χ1) is 8.52. The monoisotopic (exact) mass is 281 g/mol. The van der Waals surface area contributed by atoms with E-state index in [2.05, 4.69) is 10.1 Å². The molecular weight excluding hydrogens is 261 g/mol. The van der Waals surface area contributed by atoms with Crippen LogP contribution in [0.5, 0.6) is 0 Å². The summed E-state index contributed by atoms with van der Waals surface area (Å²) in [6, 6.07) is -0.846. The first kappa shape index (κ1) is 17.1. The van der Waals surface area contributed by atoms with Gasteiger partial charge in [-0.1, -0.05) is 0 Å². The first-order valence-corrected chi connectivity index (χ1v) is 7.41. The summed E-state index contributed by atoms with van der Waals surface area (Å²) in [5.74, 6) is -0.596. The SMILES string of the molecule is CCOP(=O)(CC[C@H](NC=O)C(=O)OC)OCC. The number of hydrogen-bond donors (Lipinski definition) is 1. The second-order valence-electron chi connectivity index (χ2n) is 3.32. The zero-order valence-electron chi connectivity index (χ0n) is 10.9.